The van der Waals surface area contributed by atoms with Gasteiger partial charge in [-0.05, 0) is 62.7 Å². The molecule has 0 N–H and O–H groups in total. The summed E-state index contributed by atoms with van der Waals surface area (Å²) in [6.07, 6.45) is 1.70. The molecule has 6 heteroatoms. The molecule has 5 rings (SSSR count). The predicted octanol–water partition coefficient (Wildman–Crippen LogP) is 2.97. The Morgan fingerprint density at radius 1 is 0.966 bits per heavy atom. The topological polar surface area (TPSA) is 57.7 Å². The molecule has 0 aromatic heterocycles. The summed E-state index contributed by atoms with van der Waals surface area (Å²) in [7, 11) is 0. The molecular formula is C23H21FN2O3. The SMILES string of the molecule is Cc1ccc(N2C(=O)C3C(C2=O)C(C(=O)c2ccc(F)cc2)N2CCCC32)cc1. The van der Waals surface area contributed by atoms with Crippen LogP contribution >= 0.6 is 0 Å². The van der Waals surface area contributed by atoms with E-state index in [9.17, 15) is 18.8 Å². The second-order valence-electron chi connectivity index (χ2n) is 8.16. The first-order chi connectivity index (χ1) is 14.0. The van der Waals surface area contributed by atoms with Crippen molar-refractivity contribution in [3.8, 4) is 0 Å². The summed E-state index contributed by atoms with van der Waals surface area (Å²) in [6.45, 7) is 2.64. The van der Waals surface area contributed by atoms with Gasteiger partial charge in [0.1, 0.15) is 5.82 Å². The molecule has 4 unspecified atom stereocenters. The molecule has 0 radical (unpaired) electrons. The van der Waals surface area contributed by atoms with Crippen molar-refractivity contribution in [1.82, 2.24) is 4.90 Å². The van der Waals surface area contributed by atoms with Crippen LogP contribution in [0.25, 0.3) is 0 Å². The highest BCUT2D eigenvalue weighted by atomic mass is 19.1. The summed E-state index contributed by atoms with van der Waals surface area (Å²) in [4.78, 5) is 43.3. The van der Waals surface area contributed by atoms with E-state index in [1.165, 1.54) is 29.2 Å². The van der Waals surface area contributed by atoms with Gasteiger partial charge in [-0.2, -0.15) is 0 Å². The van der Waals surface area contributed by atoms with Crippen LogP contribution in [0.1, 0.15) is 28.8 Å². The van der Waals surface area contributed by atoms with Crippen LogP contribution in [0.4, 0.5) is 10.1 Å². The zero-order valence-corrected chi connectivity index (χ0v) is 16.0. The van der Waals surface area contributed by atoms with E-state index in [0.717, 1.165) is 18.4 Å². The first-order valence-corrected chi connectivity index (χ1v) is 9.97. The lowest BCUT2D eigenvalue weighted by molar-refractivity contribution is -0.123. The van der Waals surface area contributed by atoms with Crippen molar-refractivity contribution >= 4 is 23.3 Å². The molecule has 3 heterocycles. The Labute approximate surface area is 168 Å². The van der Waals surface area contributed by atoms with Gasteiger partial charge in [0.05, 0.1) is 23.6 Å². The van der Waals surface area contributed by atoms with Gasteiger partial charge in [0.15, 0.2) is 5.78 Å². The highest BCUT2D eigenvalue weighted by Crippen LogP contribution is 2.48. The average Bonchev–Trinajstić information content (AvgIpc) is 3.35. The fourth-order valence-electron chi connectivity index (χ4n) is 5.25. The smallest absolute Gasteiger partial charge is 0.239 e. The lowest BCUT2D eigenvalue weighted by atomic mass is 9.85. The fourth-order valence-corrected chi connectivity index (χ4v) is 5.25. The number of Topliss-reactive ketones (excluding diaryl/α,β-unsaturated/α-hetero) is 1. The van der Waals surface area contributed by atoms with Crippen LogP contribution in [-0.2, 0) is 9.59 Å². The summed E-state index contributed by atoms with van der Waals surface area (Å²) in [5.41, 5.74) is 1.97. The standard InChI is InChI=1S/C23H21FN2O3/c1-13-4-10-16(11-5-13)26-22(28)18-17-3-2-12-25(17)20(19(18)23(26)29)21(27)14-6-8-15(24)9-7-14/h4-11,17-20H,2-3,12H2,1H3. The van der Waals surface area contributed by atoms with E-state index >= 15 is 0 Å². The number of imide groups is 1. The molecular weight excluding hydrogens is 371 g/mol. The summed E-state index contributed by atoms with van der Waals surface area (Å²) in [5.74, 6) is -2.33. The van der Waals surface area contributed by atoms with E-state index in [1.807, 2.05) is 24.0 Å². The van der Waals surface area contributed by atoms with Crippen LogP contribution in [0.15, 0.2) is 48.5 Å². The van der Waals surface area contributed by atoms with E-state index in [2.05, 4.69) is 0 Å². The molecule has 148 valence electrons. The molecule has 0 aliphatic carbocycles. The summed E-state index contributed by atoms with van der Waals surface area (Å²) >= 11 is 0. The molecule has 3 fully saturated rings. The number of ketones is 1. The average molecular weight is 392 g/mol. The Balaban J connectivity index is 1.54. The van der Waals surface area contributed by atoms with Crippen molar-refractivity contribution in [2.75, 3.05) is 11.4 Å². The largest absolute Gasteiger partial charge is 0.292 e. The summed E-state index contributed by atoms with van der Waals surface area (Å²) in [5, 5.41) is 0. The second-order valence-corrected chi connectivity index (χ2v) is 8.16. The lowest BCUT2D eigenvalue weighted by Gasteiger charge is -2.27. The molecule has 3 aliphatic rings. The first kappa shape index (κ1) is 18.2. The highest BCUT2D eigenvalue weighted by Gasteiger charge is 2.64. The maximum absolute atomic E-state index is 13.4. The molecule has 2 amide bonds. The van der Waals surface area contributed by atoms with Crippen LogP contribution in [0, 0.1) is 24.6 Å². The Kier molecular flexibility index (Phi) is 4.13. The maximum atomic E-state index is 13.4. The number of hydrogen-bond acceptors (Lipinski definition) is 4. The van der Waals surface area contributed by atoms with Gasteiger partial charge in [-0.1, -0.05) is 17.7 Å². The zero-order chi connectivity index (χ0) is 20.3. The number of nitrogens with zero attached hydrogens (tertiary/aromatic N) is 2. The van der Waals surface area contributed by atoms with Gasteiger partial charge in [0.2, 0.25) is 11.8 Å². The quantitative estimate of drug-likeness (QED) is 0.595. The van der Waals surface area contributed by atoms with Crippen molar-refractivity contribution in [2.45, 2.75) is 31.8 Å². The van der Waals surface area contributed by atoms with Gasteiger partial charge < -0.3 is 0 Å². The number of benzene rings is 2. The molecule has 5 nitrogen and oxygen atoms in total. The Hall–Kier alpha value is -2.86. The number of fused-ring (bicyclic) bond motifs is 3. The molecule has 0 bridgehead atoms. The number of amides is 2. The minimum absolute atomic E-state index is 0.0960. The minimum atomic E-state index is -0.688. The molecule has 0 spiro atoms. The van der Waals surface area contributed by atoms with Gasteiger partial charge in [0.25, 0.3) is 0 Å². The third-order valence-corrected chi connectivity index (χ3v) is 6.54. The number of carbonyl (C=O) groups is 3. The Bertz CT molecular complexity index is 1000. The van der Waals surface area contributed by atoms with Crippen molar-refractivity contribution in [2.24, 2.45) is 11.8 Å². The molecule has 3 aliphatic heterocycles. The number of halogens is 1. The maximum Gasteiger partial charge on any atom is 0.239 e. The molecule has 29 heavy (non-hydrogen) atoms. The summed E-state index contributed by atoms with van der Waals surface area (Å²) in [6, 6.07) is 11.9. The second kappa shape index (κ2) is 6.59. The van der Waals surface area contributed by atoms with Crippen molar-refractivity contribution < 1.29 is 18.8 Å². The van der Waals surface area contributed by atoms with Gasteiger partial charge >= 0.3 is 0 Å². The van der Waals surface area contributed by atoms with E-state index in [0.29, 0.717) is 17.8 Å². The molecule has 2 aromatic rings. The molecule has 2 aromatic carbocycles. The van der Waals surface area contributed by atoms with Gasteiger partial charge in [0, 0.05) is 11.6 Å². The van der Waals surface area contributed by atoms with Gasteiger partial charge in [-0.15, -0.1) is 0 Å². The number of rotatable bonds is 3. The predicted molar refractivity (Wildman–Crippen MR) is 105 cm³/mol. The van der Waals surface area contributed by atoms with Crippen molar-refractivity contribution in [3.05, 3.63) is 65.5 Å². The van der Waals surface area contributed by atoms with Crippen LogP contribution in [0.3, 0.4) is 0 Å². The van der Waals surface area contributed by atoms with Crippen LogP contribution in [0.5, 0.6) is 0 Å². The first-order valence-electron chi connectivity index (χ1n) is 9.97. The zero-order valence-electron chi connectivity index (χ0n) is 16.0. The van der Waals surface area contributed by atoms with Crippen LogP contribution < -0.4 is 4.90 Å². The number of hydrogen-bond donors (Lipinski definition) is 0. The third-order valence-electron chi connectivity index (χ3n) is 6.54. The molecule has 0 saturated carbocycles. The van der Waals surface area contributed by atoms with Crippen molar-refractivity contribution in [1.29, 1.82) is 0 Å². The number of aryl methyl sites for hydroxylation is 1. The number of carbonyl (C=O) groups excluding carboxylic acids is 3. The van der Waals surface area contributed by atoms with E-state index < -0.39 is 23.7 Å². The number of anilines is 1. The Morgan fingerprint density at radius 2 is 1.62 bits per heavy atom. The monoisotopic (exact) mass is 392 g/mol. The van der Waals surface area contributed by atoms with Crippen LogP contribution in [0.2, 0.25) is 0 Å². The van der Waals surface area contributed by atoms with Gasteiger partial charge in [-0.3, -0.25) is 19.3 Å². The molecule has 4 atom stereocenters. The van der Waals surface area contributed by atoms with E-state index in [-0.39, 0.29) is 23.6 Å². The fraction of sp³-hybridized carbons (Fsp3) is 0.348. The minimum Gasteiger partial charge on any atom is -0.292 e. The van der Waals surface area contributed by atoms with Crippen molar-refractivity contribution in [3.63, 3.8) is 0 Å². The molecule has 3 saturated heterocycles. The van der Waals surface area contributed by atoms with Crippen LogP contribution in [-0.4, -0.2) is 41.1 Å². The highest BCUT2D eigenvalue weighted by molar-refractivity contribution is 6.24. The van der Waals surface area contributed by atoms with E-state index in [1.54, 1.807) is 12.1 Å². The lowest BCUT2D eigenvalue weighted by Crippen LogP contribution is -2.46. The van der Waals surface area contributed by atoms with Gasteiger partial charge in [-0.25, -0.2) is 9.29 Å². The van der Waals surface area contributed by atoms with E-state index in [4.69, 9.17) is 0 Å². The normalized spacial score (nSPS) is 28.7. The summed E-state index contributed by atoms with van der Waals surface area (Å²) < 4.78 is 13.3. The third kappa shape index (κ3) is 2.66. The Morgan fingerprint density at radius 3 is 2.31 bits per heavy atom.